The molecule has 176 valence electrons. The summed E-state index contributed by atoms with van der Waals surface area (Å²) in [5.74, 6) is -1.48. The second kappa shape index (κ2) is 9.56. The number of aromatic nitrogens is 1. The summed E-state index contributed by atoms with van der Waals surface area (Å²) in [5.41, 5.74) is 3.86. The summed E-state index contributed by atoms with van der Waals surface area (Å²) < 4.78 is 2.08. The Balaban J connectivity index is 1.50. The molecule has 2 heterocycles. The lowest BCUT2D eigenvalue weighted by Crippen LogP contribution is -2.23. The summed E-state index contributed by atoms with van der Waals surface area (Å²) in [7, 11) is 1.64. The van der Waals surface area contributed by atoms with E-state index in [0.29, 0.717) is 27.9 Å². The smallest absolute Gasteiger partial charge is 0.266 e. The van der Waals surface area contributed by atoms with Crippen molar-refractivity contribution in [1.29, 1.82) is 5.26 Å². The van der Waals surface area contributed by atoms with Gasteiger partial charge in [-0.3, -0.25) is 9.69 Å². The Labute approximate surface area is 211 Å². The molecule has 7 nitrogen and oxygen atoms in total. The van der Waals surface area contributed by atoms with Crippen LogP contribution in [0.4, 0.5) is 5.69 Å². The number of rotatable bonds is 5. The summed E-state index contributed by atoms with van der Waals surface area (Å²) in [6, 6.07) is 23.8. The molecule has 0 atom stereocenters. The molecule has 0 spiro atoms. The van der Waals surface area contributed by atoms with Gasteiger partial charge >= 0.3 is 0 Å². The SMILES string of the molecule is CN1C(=O)/C(=C/c2cn(Cc3ccccc3C#N)c3ccccc23)SC1=Nc1cccc(C(=O)[O-])c1. The maximum Gasteiger partial charge on any atom is 0.266 e. The van der Waals surface area contributed by atoms with Crippen LogP contribution in [0.25, 0.3) is 17.0 Å². The molecule has 4 aromatic rings. The van der Waals surface area contributed by atoms with E-state index in [1.807, 2.05) is 54.7 Å². The van der Waals surface area contributed by atoms with E-state index < -0.39 is 5.97 Å². The van der Waals surface area contributed by atoms with E-state index in [1.54, 1.807) is 25.2 Å². The van der Waals surface area contributed by atoms with Crippen molar-refractivity contribution in [3.8, 4) is 6.07 Å². The van der Waals surface area contributed by atoms with Crippen LogP contribution in [-0.4, -0.2) is 33.6 Å². The highest BCUT2D eigenvalue weighted by molar-refractivity contribution is 8.18. The number of nitrogens with zero attached hydrogens (tertiary/aromatic N) is 4. The second-order valence-electron chi connectivity index (χ2n) is 8.21. The molecule has 1 aliphatic rings. The first-order valence-electron chi connectivity index (χ1n) is 11.1. The standard InChI is InChI=1S/C28H20N4O3S/c1-31-26(33)25(36-28(31)30-22-10-6-9-18(13-22)27(34)35)14-21-17-32(24-12-5-4-11-23(21)24)16-20-8-3-2-7-19(20)15-29/h2-14,17H,16H2,1H3,(H,34,35)/p-1/b25-14-,30-28?. The molecule has 8 heteroatoms. The van der Waals surface area contributed by atoms with Crippen LogP contribution in [0, 0.1) is 11.3 Å². The van der Waals surface area contributed by atoms with Gasteiger partial charge in [-0.2, -0.15) is 5.26 Å². The molecule has 36 heavy (non-hydrogen) atoms. The number of hydrogen-bond acceptors (Lipinski definition) is 6. The summed E-state index contributed by atoms with van der Waals surface area (Å²) >= 11 is 1.23. The maximum absolute atomic E-state index is 13.0. The highest BCUT2D eigenvalue weighted by atomic mass is 32.2. The largest absolute Gasteiger partial charge is 0.545 e. The first-order chi connectivity index (χ1) is 17.4. The van der Waals surface area contributed by atoms with Crippen LogP contribution >= 0.6 is 11.8 Å². The zero-order valence-electron chi connectivity index (χ0n) is 19.2. The summed E-state index contributed by atoms with van der Waals surface area (Å²) in [6.45, 7) is 0.524. The van der Waals surface area contributed by atoms with E-state index in [9.17, 15) is 20.0 Å². The van der Waals surface area contributed by atoms with Crippen molar-refractivity contribution in [2.24, 2.45) is 4.99 Å². The fourth-order valence-electron chi connectivity index (χ4n) is 4.08. The lowest BCUT2D eigenvalue weighted by Gasteiger charge is -2.08. The highest BCUT2D eigenvalue weighted by Gasteiger charge is 2.30. The predicted molar refractivity (Wildman–Crippen MR) is 138 cm³/mol. The van der Waals surface area contributed by atoms with Gasteiger partial charge in [0.05, 0.1) is 28.2 Å². The van der Waals surface area contributed by atoms with Gasteiger partial charge in [-0.1, -0.05) is 48.5 Å². The minimum absolute atomic E-state index is 0.0235. The van der Waals surface area contributed by atoms with Gasteiger partial charge in [0.2, 0.25) is 0 Å². The molecule has 5 rings (SSSR count). The summed E-state index contributed by atoms with van der Waals surface area (Å²) in [6.07, 6.45) is 3.83. The monoisotopic (exact) mass is 491 g/mol. The number of benzene rings is 3. The molecule has 3 aromatic carbocycles. The first kappa shape index (κ1) is 23.1. The zero-order valence-corrected chi connectivity index (χ0v) is 20.0. The van der Waals surface area contributed by atoms with Gasteiger partial charge in [0.15, 0.2) is 5.17 Å². The molecule has 1 aliphatic heterocycles. The van der Waals surface area contributed by atoms with Crippen LogP contribution in [0.1, 0.15) is 27.0 Å². The molecule has 0 aliphatic carbocycles. The molecule has 0 bridgehead atoms. The van der Waals surface area contributed by atoms with Gasteiger partial charge in [-0.15, -0.1) is 0 Å². The molecule has 0 radical (unpaired) electrons. The molecule has 0 unspecified atom stereocenters. The zero-order chi connectivity index (χ0) is 25.2. The molecular formula is C28H19N4O3S-. The Morgan fingerprint density at radius 1 is 1.11 bits per heavy atom. The van der Waals surface area contributed by atoms with Gasteiger partial charge in [0, 0.05) is 36.3 Å². The van der Waals surface area contributed by atoms with Crippen molar-refractivity contribution in [3.05, 3.63) is 106 Å². The molecule has 1 aromatic heterocycles. The number of carboxylic acids is 1. The Morgan fingerprint density at radius 3 is 2.69 bits per heavy atom. The number of carboxylic acid groups (broad SMARTS) is 1. The summed E-state index contributed by atoms with van der Waals surface area (Å²) in [5, 5.41) is 22.1. The Morgan fingerprint density at radius 2 is 1.89 bits per heavy atom. The molecular weight excluding hydrogens is 472 g/mol. The molecule has 0 saturated carbocycles. The van der Waals surface area contributed by atoms with Crippen LogP contribution in [0.3, 0.4) is 0 Å². The van der Waals surface area contributed by atoms with Crippen molar-refractivity contribution >= 4 is 51.5 Å². The van der Waals surface area contributed by atoms with E-state index in [0.717, 1.165) is 22.0 Å². The third-order valence-electron chi connectivity index (χ3n) is 5.89. The highest BCUT2D eigenvalue weighted by Crippen LogP contribution is 2.35. The van der Waals surface area contributed by atoms with Gasteiger partial charge in [0.25, 0.3) is 5.91 Å². The third kappa shape index (κ3) is 4.40. The number of hydrogen-bond donors (Lipinski definition) is 0. The number of likely N-dealkylation sites (N-methyl/N-ethyl adjacent to an activating group) is 1. The average Bonchev–Trinajstić information content (AvgIpc) is 3.36. The topological polar surface area (TPSA) is 102 Å². The molecule has 1 fully saturated rings. The normalized spacial score (nSPS) is 15.7. The van der Waals surface area contributed by atoms with E-state index in [-0.39, 0.29) is 11.5 Å². The van der Waals surface area contributed by atoms with E-state index in [1.165, 1.54) is 28.8 Å². The Bertz CT molecular complexity index is 1630. The number of aromatic carboxylic acids is 1. The number of amidine groups is 1. The van der Waals surface area contributed by atoms with Crippen LogP contribution in [-0.2, 0) is 11.3 Å². The lowest BCUT2D eigenvalue weighted by atomic mass is 10.1. The molecule has 1 saturated heterocycles. The number of aliphatic imine (C=N–C) groups is 1. The van der Waals surface area contributed by atoms with Crippen molar-refractivity contribution in [3.63, 3.8) is 0 Å². The first-order valence-corrected chi connectivity index (χ1v) is 11.9. The fourth-order valence-corrected chi connectivity index (χ4v) is 5.06. The van der Waals surface area contributed by atoms with Crippen molar-refractivity contribution < 1.29 is 14.7 Å². The van der Waals surface area contributed by atoms with Crippen LogP contribution < -0.4 is 5.11 Å². The van der Waals surface area contributed by atoms with Crippen molar-refractivity contribution in [2.45, 2.75) is 6.54 Å². The number of fused-ring (bicyclic) bond motifs is 1. The minimum Gasteiger partial charge on any atom is -0.545 e. The quantitative estimate of drug-likeness (QED) is 0.390. The van der Waals surface area contributed by atoms with Crippen molar-refractivity contribution in [1.82, 2.24) is 9.47 Å². The number of carbonyl (C=O) groups is 2. The second-order valence-corrected chi connectivity index (χ2v) is 9.21. The van der Waals surface area contributed by atoms with Crippen LogP contribution in [0.2, 0.25) is 0 Å². The van der Waals surface area contributed by atoms with Gasteiger partial charge in [0.1, 0.15) is 0 Å². The third-order valence-corrected chi connectivity index (χ3v) is 6.95. The Hall–Kier alpha value is -4.61. The van der Waals surface area contributed by atoms with Gasteiger partial charge < -0.3 is 14.5 Å². The molecule has 0 N–H and O–H groups in total. The summed E-state index contributed by atoms with van der Waals surface area (Å²) in [4.78, 5) is 30.6. The van der Waals surface area contributed by atoms with E-state index in [4.69, 9.17) is 0 Å². The lowest BCUT2D eigenvalue weighted by molar-refractivity contribution is -0.255. The van der Waals surface area contributed by atoms with Crippen LogP contribution in [0.15, 0.2) is 88.9 Å². The average molecular weight is 492 g/mol. The van der Waals surface area contributed by atoms with Gasteiger partial charge in [-0.25, -0.2) is 4.99 Å². The predicted octanol–water partition coefficient (Wildman–Crippen LogP) is 4.16. The Kier molecular flexibility index (Phi) is 6.15. The van der Waals surface area contributed by atoms with E-state index >= 15 is 0 Å². The number of carbonyl (C=O) groups excluding carboxylic acids is 2. The minimum atomic E-state index is -1.28. The number of thioether (sulfide) groups is 1. The van der Waals surface area contributed by atoms with Crippen LogP contribution in [0.5, 0.6) is 0 Å². The molecule has 1 amide bonds. The van der Waals surface area contributed by atoms with Gasteiger partial charge in [-0.05, 0) is 53.2 Å². The fraction of sp³-hybridized carbons (Fsp3) is 0.0714. The van der Waals surface area contributed by atoms with E-state index in [2.05, 4.69) is 15.6 Å². The number of para-hydroxylation sites is 1. The van der Waals surface area contributed by atoms with Crippen molar-refractivity contribution in [2.75, 3.05) is 7.05 Å². The number of amides is 1. The maximum atomic E-state index is 13.0. The number of nitriles is 1.